The summed E-state index contributed by atoms with van der Waals surface area (Å²) in [6.45, 7) is 0.346. The summed E-state index contributed by atoms with van der Waals surface area (Å²) in [4.78, 5) is 28.2. The number of hydrogen-bond acceptors (Lipinski definition) is 3. The van der Waals surface area contributed by atoms with Gasteiger partial charge in [-0.05, 0) is 48.2 Å². The number of hydrogen-bond donors (Lipinski definition) is 3. The molecular formula is C23H23ClN2O4. The van der Waals surface area contributed by atoms with Gasteiger partial charge in [0.1, 0.15) is 5.69 Å². The number of aromatic amines is 1. The summed E-state index contributed by atoms with van der Waals surface area (Å²) in [5, 5.41) is 14.4. The van der Waals surface area contributed by atoms with Crippen molar-refractivity contribution in [3.63, 3.8) is 0 Å². The highest BCUT2D eigenvalue weighted by Gasteiger charge is 2.41. The van der Waals surface area contributed by atoms with Gasteiger partial charge in [0.15, 0.2) is 0 Å². The Hall–Kier alpha value is -2.83. The second-order valence-corrected chi connectivity index (χ2v) is 8.09. The summed E-state index contributed by atoms with van der Waals surface area (Å²) in [7, 11) is 1.56. The number of aliphatic carboxylic acids is 1. The zero-order chi connectivity index (χ0) is 21.3. The quantitative estimate of drug-likeness (QED) is 0.532. The summed E-state index contributed by atoms with van der Waals surface area (Å²) >= 11 is 6.04. The van der Waals surface area contributed by atoms with Gasteiger partial charge in [-0.3, -0.25) is 9.59 Å². The Morgan fingerprint density at radius 2 is 2.07 bits per heavy atom. The average Bonchev–Trinajstić information content (AvgIpc) is 3.29. The lowest BCUT2D eigenvalue weighted by atomic mass is 9.82. The van der Waals surface area contributed by atoms with E-state index >= 15 is 0 Å². The predicted molar refractivity (Wildman–Crippen MR) is 115 cm³/mol. The first-order chi connectivity index (χ1) is 14.5. The van der Waals surface area contributed by atoms with Gasteiger partial charge in [-0.25, -0.2) is 0 Å². The number of ether oxygens (including phenoxy) is 1. The molecule has 156 valence electrons. The maximum atomic E-state index is 13.0. The minimum Gasteiger partial charge on any atom is -0.481 e. The summed E-state index contributed by atoms with van der Waals surface area (Å²) < 4.78 is 5.13. The molecule has 3 aromatic rings. The topological polar surface area (TPSA) is 91.4 Å². The minimum atomic E-state index is -0.881. The predicted octanol–water partition coefficient (Wildman–Crippen LogP) is 4.00. The van der Waals surface area contributed by atoms with Crippen LogP contribution in [-0.4, -0.2) is 41.7 Å². The summed E-state index contributed by atoms with van der Waals surface area (Å²) in [5.74, 6) is -2.12. The van der Waals surface area contributed by atoms with Crippen LogP contribution in [0.2, 0.25) is 5.02 Å². The van der Waals surface area contributed by atoms with Crippen molar-refractivity contribution in [1.29, 1.82) is 0 Å². The number of fused-ring (bicyclic) bond motifs is 2. The Morgan fingerprint density at radius 3 is 2.83 bits per heavy atom. The summed E-state index contributed by atoms with van der Waals surface area (Å²) in [6.07, 6.45) is 0.970. The van der Waals surface area contributed by atoms with E-state index in [9.17, 15) is 14.7 Å². The van der Waals surface area contributed by atoms with E-state index in [4.69, 9.17) is 16.3 Å². The van der Waals surface area contributed by atoms with Crippen molar-refractivity contribution in [2.24, 2.45) is 5.92 Å². The standard InChI is InChI=1S/C23H23ClN2O4/c1-30-9-8-17(23(28)29)21-16-5-3-2-4-13(16)11-19(21)26-22(27)20-12-14-10-15(24)6-7-18(14)25-20/h2-7,10,12,17,19,21,25H,8-9,11H2,1H3,(H,26,27)(H,28,29)/t17?,19-,21+/m1/s1. The number of nitrogens with one attached hydrogen (secondary N) is 2. The molecule has 1 aromatic heterocycles. The van der Waals surface area contributed by atoms with Crippen LogP contribution in [0, 0.1) is 5.92 Å². The van der Waals surface area contributed by atoms with Gasteiger partial charge in [0.05, 0.1) is 5.92 Å². The van der Waals surface area contributed by atoms with Crippen molar-refractivity contribution < 1.29 is 19.4 Å². The molecule has 3 N–H and O–H groups in total. The smallest absolute Gasteiger partial charge is 0.307 e. The first kappa shape index (κ1) is 20.4. The van der Waals surface area contributed by atoms with Crippen LogP contribution < -0.4 is 5.32 Å². The molecule has 0 saturated heterocycles. The molecule has 1 aliphatic rings. The molecule has 6 nitrogen and oxygen atoms in total. The fourth-order valence-corrected chi connectivity index (χ4v) is 4.62. The van der Waals surface area contributed by atoms with Gasteiger partial charge in [-0.2, -0.15) is 0 Å². The number of methoxy groups -OCH3 is 1. The molecule has 2 aromatic carbocycles. The van der Waals surface area contributed by atoms with Gasteiger partial charge in [-0.15, -0.1) is 0 Å². The molecule has 0 aliphatic heterocycles. The first-order valence-electron chi connectivity index (χ1n) is 9.86. The fourth-order valence-electron chi connectivity index (χ4n) is 4.44. The molecule has 1 heterocycles. The number of carbonyl (C=O) groups excluding carboxylic acids is 1. The average molecular weight is 427 g/mol. The van der Waals surface area contributed by atoms with E-state index in [0.29, 0.717) is 30.2 Å². The number of rotatable bonds is 7. The third-order valence-corrected chi connectivity index (χ3v) is 6.05. The van der Waals surface area contributed by atoms with Gasteiger partial charge in [0, 0.05) is 41.6 Å². The molecule has 0 fully saturated rings. The van der Waals surface area contributed by atoms with Crippen LogP contribution in [0.4, 0.5) is 0 Å². The molecule has 1 amide bonds. The van der Waals surface area contributed by atoms with Crippen molar-refractivity contribution in [2.75, 3.05) is 13.7 Å². The Labute approximate surface area is 179 Å². The van der Waals surface area contributed by atoms with Crippen LogP contribution in [0.1, 0.15) is 34.0 Å². The van der Waals surface area contributed by atoms with Crippen LogP contribution >= 0.6 is 11.6 Å². The molecule has 3 atom stereocenters. The second kappa shape index (κ2) is 8.50. The number of halogens is 1. The van der Waals surface area contributed by atoms with Gasteiger partial charge in [0.2, 0.25) is 0 Å². The highest BCUT2D eigenvalue weighted by Crippen LogP contribution is 2.40. The van der Waals surface area contributed by atoms with E-state index in [1.54, 1.807) is 25.3 Å². The van der Waals surface area contributed by atoms with Gasteiger partial charge >= 0.3 is 5.97 Å². The van der Waals surface area contributed by atoms with E-state index in [-0.39, 0.29) is 17.9 Å². The van der Waals surface area contributed by atoms with E-state index in [1.165, 1.54) is 0 Å². The highest BCUT2D eigenvalue weighted by atomic mass is 35.5. The van der Waals surface area contributed by atoms with E-state index in [1.807, 2.05) is 30.3 Å². The maximum absolute atomic E-state index is 13.0. The van der Waals surface area contributed by atoms with Crippen LogP contribution in [0.5, 0.6) is 0 Å². The van der Waals surface area contributed by atoms with Crippen molar-refractivity contribution in [2.45, 2.75) is 24.8 Å². The third kappa shape index (κ3) is 3.93. The normalized spacial score (nSPS) is 18.9. The molecule has 0 radical (unpaired) electrons. The second-order valence-electron chi connectivity index (χ2n) is 7.65. The fraction of sp³-hybridized carbons (Fsp3) is 0.304. The maximum Gasteiger partial charge on any atom is 0.307 e. The number of H-pyrrole nitrogens is 1. The monoisotopic (exact) mass is 426 g/mol. The van der Waals surface area contributed by atoms with Crippen molar-refractivity contribution >= 4 is 34.4 Å². The lowest BCUT2D eigenvalue weighted by Crippen LogP contribution is -2.42. The Morgan fingerprint density at radius 1 is 1.27 bits per heavy atom. The molecule has 1 aliphatic carbocycles. The molecule has 7 heteroatoms. The molecule has 4 rings (SSSR count). The zero-order valence-electron chi connectivity index (χ0n) is 16.5. The first-order valence-corrected chi connectivity index (χ1v) is 10.2. The Balaban J connectivity index is 1.62. The van der Waals surface area contributed by atoms with Gasteiger partial charge < -0.3 is 20.1 Å². The van der Waals surface area contributed by atoms with Crippen LogP contribution in [0.15, 0.2) is 48.5 Å². The summed E-state index contributed by atoms with van der Waals surface area (Å²) in [5.41, 5.74) is 3.29. The van der Waals surface area contributed by atoms with Gasteiger partial charge in [0.25, 0.3) is 5.91 Å². The Kier molecular flexibility index (Phi) is 5.79. The minimum absolute atomic E-state index is 0.263. The number of carbonyl (C=O) groups is 2. The molecule has 0 bridgehead atoms. The zero-order valence-corrected chi connectivity index (χ0v) is 17.3. The lowest BCUT2D eigenvalue weighted by molar-refractivity contribution is -0.143. The molecule has 30 heavy (non-hydrogen) atoms. The largest absolute Gasteiger partial charge is 0.481 e. The van der Waals surface area contributed by atoms with Crippen LogP contribution in [0.3, 0.4) is 0 Å². The number of aromatic nitrogens is 1. The van der Waals surface area contributed by atoms with Gasteiger partial charge in [-0.1, -0.05) is 35.9 Å². The van der Waals surface area contributed by atoms with Crippen molar-refractivity contribution in [1.82, 2.24) is 10.3 Å². The van der Waals surface area contributed by atoms with E-state index in [0.717, 1.165) is 22.0 Å². The SMILES string of the molecule is COCCC(C(=O)O)[C@@H]1c2ccccc2C[C@H]1NC(=O)c1cc2cc(Cl)ccc2[nH]1. The molecule has 0 saturated carbocycles. The number of benzene rings is 2. The van der Waals surface area contributed by atoms with Crippen molar-refractivity contribution in [3.05, 3.63) is 70.4 Å². The number of amides is 1. The third-order valence-electron chi connectivity index (χ3n) is 5.82. The Bertz CT molecular complexity index is 1090. The summed E-state index contributed by atoms with van der Waals surface area (Å²) in [6, 6.07) is 14.6. The van der Waals surface area contributed by atoms with Crippen LogP contribution in [0.25, 0.3) is 10.9 Å². The lowest BCUT2D eigenvalue weighted by Gasteiger charge is -2.27. The number of carboxylic acid groups (broad SMARTS) is 1. The molecular weight excluding hydrogens is 404 g/mol. The van der Waals surface area contributed by atoms with Crippen LogP contribution in [-0.2, 0) is 16.0 Å². The highest BCUT2D eigenvalue weighted by molar-refractivity contribution is 6.31. The molecule has 0 spiro atoms. The molecule has 1 unspecified atom stereocenters. The number of carboxylic acids is 1. The van der Waals surface area contributed by atoms with E-state index in [2.05, 4.69) is 10.3 Å². The van der Waals surface area contributed by atoms with Crippen molar-refractivity contribution in [3.8, 4) is 0 Å². The van der Waals surface area contributed by atoms with E-state index < -0.39 is 11.9 Å².